The average Bonchev–Trinajstić information content (AvgIpc) is 2.87. The van der Waals surface area contributed by atoms with Gasteiger partial charge >= 0.3 is 0 Å². The number of aromatic nitrogens is 2. The Morgan fingerprint density at radius 3 is 1.81 bits per heavy atom. The van der Waals surface area contributed by atoms with Gasteiger partial charge in [-0.3, -0.25) is 9.97 Å². The summed E-state index contributed by atoms with van der Waals surface area (Å²) >= 11 is 0. The fourth-order valence-corrected chi connectivity index (χ4v) is 4.64. The predicted octanol–water partition coefficient (Wildman–Crippen LogP) is 7.28. The number of methoxy groups -OCH3 is 1. The lowest BCUT2D eigenvalue weighted by Gasteiger charge is -2.18. The molecule has 0 aliphatic carbocycles. The van der Waals surface area contributed by atoms with E-state index in [0.29, 0.717) is 0 Å². The summed E-state index contributed by atoms with van der Waals surface area (Å²) in [5.74, 6) is 0.852. The molecule has 3 heteroatoms. The molecule has 0 radical (unpaired) electrons. The average molecular weight is 412 g/mol. The first-order valence-corrected chi connectivity index (χ1v) is 10.6. The van der Waals surface area contributed by atoms with Crippen molar-refractivity contribution in [2.24, 2.45) is 0 Å². The van der Waals surface area contributed by atoms with Crippen molar-refractivity contribution < 1.29 is 4.74 Å². The smallest absolute Gasteiger partial charge is 0.118 e. The molecule has 0 saturated carbocycles. The highest BCUT2D eigenvalue weighted by Crippen LogP contribution is 2.44. The molecule has 0 bridgehead atoms. The van der Waals surface area contributed by atoms with E-state index >= 15 is 0 Å². The summed E-state index contributed by atoms with van der Waals surface area (Å²) in [5.41, 5.74) is 5.33. The van der Waals surface area contributed by atoms with Crippen LogP contribution in [0.1, 0.15) is 0 Å². The molecule has 3 nitrogen and oxygen atoms in total. The van der Waals surface area contributed by atoms with Gasteiger partial charge in [0.15, 0.2) is 0 Å². The van der Waals surface area contributed by atoms with Crippen molar-refractivity contribution in [1.82, 2.24) is 9.97 Å². The number of benzene rings is 4. The quantitative estimate of drug-likeness (QED) is 0.287. The molecule has 0 N–H and O–H groups in total. The minimum Gasteiger partial charge on any atom is -0.497 e. The SMILES string of the molecule is COc1ccc(-c2c3ccccc3c(-c3nccc4cccnc34)c3ccccc23)cc1. The predicted molar refractivity (Wildman–Crippen MR) is 132 cm³/mol. The first-order valence-electron chi connectivity index (χ1n) is 10.6. The van der Waals surface area contributed by atoms with Gasteiger partial charge in [-0.2, -0.15) is 0 Å². The Balaban J connectivity index is 1.78. The van der Waals surface area contributed by atoms with E-state index in [1.807, 2.05) is 36.7 Å². The van der Waals surface area contributed by atoms with E-state index in [2.05, 4.69) is 66.7 Å². The van der Waals surface area contributed by atoms with Gasteiger partial charge in [0.2, 0.25) is 0 Å². The fraction of sp³-hybridized carbons (Fsp3) is 0.0345. The molecular formula is C29H20N2O. The van der Waals surface area contributed by atoms with Gasteiger partial charge in [-0.15, -0.1) is 0 Å². The normalized spacial score (nSPS) is 11.3. The molecule has 0 atom stereocenters. The van der Waals surface area contributed by atoms with Gasteiger partial charge in [0.1, 0.15) is 5.75 Å². The molecule has 0 amide bonds. The van der Waals surface area contributed by atoms with Crippen LogP contribution in [0.15, 0.2) is 103 Å². The summed E-state index contributed by atoms with van der Waals surface area (Å²) in [7, 11) is 1.69. The molecule has 2 aromatic heterocycles. The van der Waals surface area contributed by atoms with Crippen molar-refractivity contribution in [2.45, 2.75) is 0 Å². The summed E-state index contributed by atoms with van der Waals surface area (Å²) in [4.78, 5) is 9.52. The van der Waals surface area contributed by atoms with Gasteiger partial charge in [0.25, 0.3) is 0 Å². The standard InChI is InChI=1S/C29H20N2O/c1-32-21-14-12-19(13-15-21)26-22-8-2-4-10-24(22)27(25-11-5-3-9-23(25)26)29-28-20(16-18-31-29)7-6-17-30-28/h2-18H,1H3. The van der Waals surface area contributed by atoms with E-state index < -0.39 is 0 Å². The van der Waals surface area contributed by atoms with Crippen molar-refractivity contribution >= 4 is 32.4 Å². The highest BCUT2D eigenvalue weighted by Gasteiger charge is 2.18. The second kappa shape index (κ2) is 7.47. The Hall–Kier alpha value is -4.24. The van der Waals surface area contributed by atoms with Crippen molar-refractivity contribution in [3.63, 3.8) is 0 Å². The number of ether oxygens (including phenoxy) is 1. The van der Waals surface area contributed by atoms with Crippen LogP contribution in [0.5, 0.6) is 5.75 Å². The second-order valence-electron chi connectivity index (χ2n) is 7.80. The van der Waals surface area contributed by atoms with E-state index in [0.717, 1.165) is 33.5 Å². The summed E-state index contributed by atoms with van der Waals surface area (Å²) in [6.45, 7) is 0. The molecular weight excluding hydrogens is 392 g/mol. The molecule has 6 rings (SSSR count). The summed E-state index contributed by atoms with van der Waals surface area (Å²) < 4.78 is 5.38. The number of hydrogen-bond donors (Lipinski definition) is 0. The van der Waals surface area contributed by atoms with Gasteiger partial charge in [-0.05, 0) is 56.9 Å². The topological polar surface area (TPSA) is 35.0 Å². The number of hydrogen-bond acceptors (Lipinski definition) is 3. The van der Waals surface area contributed by atoms with Crippen LogP contribution in [-0.2, 0) is 0 Å². The van der Waals surface area contributed by atoms with E-state index in [1.165, 1.54) is 27.1 Å². The molecule has 0 saturated heterocycles. The lowest BCUT2D eigenvalue weighted by molar-refractivity contribution is 0.415. The molecule has 0 unspecified atom stereocenters. The fourth-order valence-electron chi connectivity index (χ4n) is 4.64. The largest absolute Gasteiger partial charge is 0.497 e. The molecule has 0 spiro atoms. The van der Waals surface area contributed by atoms with E-state index in [9.17, 15) is 0 Å². The van der Waals surface area contributed by atoms with E-state index in [-0.39, 0.29) is 0 Å². The van der Waals surface area contributed by atoms with Crippen molar-refractivity contribution in [3.8, 4) is 28.1 Å². The highest BCUT2D eigenvalue weighted by molar-refractivity contribution is 6.22. The van der Waals surface area contributed by atoms with Gasteiger partial charge in [0, 0.05) is 23.3 Å². The monoisotopic (exact) mass is 412 g/mol. The molecule has 0 aliphatic heterocycles. The van der Waals surface area contributed by atoms with Crippen LogP contribution in [0, 0.1) is 0 Å². The van der Waals surface area contributed by atoms with Crippen molar-refractivity contribution in [3.05, 3.63) is 103 Å². The number of nitrogens with zero attached hydrogens (tertiary/aromatic N) is 2. The summed E-state index contributed by atoms with van der Waals surface area (Å²) in [6.07, 6.45) is 3.71. The van der Waals surface area contributed by atoms with Crippen LogP contribution in [-0.4, -0.2) is 17.1 Å². The highest BCUT2D eigenvalue weighted by atomic mass is 16.5. The lowest BCUT2D eigenvalue weighted by atomic mass is 9.87. The molecule has 4 aromatic carbocycles. The minimum absolute atomic E-state index is 0.852. The zero-order valence-electron chi connectivity index (χ0n) is 17.6. The van der Waals surface area contributed by atoms with E-state index in [4.69, 9.17) is 14.7 Å². The zero-order valence-corrected chi connectivity index (χ0v) is 17.6. The number of rotatable bonds is 3. The van der Waals surface area contributed by atoms with Crippen LogP contribution in [0.25, 0.3) is 54.8 Å². The number of pyridine rings is 2. The van der Waals surface area contributed by atoms with Crippen LogP contribution >= 0.6 is 0 Å². The summed E-state index contributed by atoms with van der Waals surface area (Å²) in [6, 6.07) is 31.5. The first-order chi connectivity index (χ1) is 15.8. The first kappa shape index (κ1) is 18.5. The number of fused-ring (bicyclic) bond motifs is 3. The maximum atomic E-state index is 5.38. The molecule has 0 fully saturated rings. The van der Waals surface area contributed by atoms with Crippen molar-refractivity contribution in [2.75, 3.05) is 7.11 Å². The Morgan fingerprint density at radius 1 is 0.562 bits per heavy atom. The van der Waals surface area contributed by atoms with Gasteiger partial charge in [0.05, 0.1) is 18.3 Å². The molecule has 152 valence electrons. The second-order valence-corrected chi connectivity index (χ2v) is 7.80. The molecule has 32 heavy (non-hydrogen) atoms. The maximum Gasteiger partial charge on any atom is 0.118 e. The third kappa shape index (κ3) is 2.83. The van der Waals surface area contributed by atoms with E-state index in [1.54, 1.807) is 7.11 Å². The minimum atomic E-state index is 0.852. The zero-order chi connectivity index (χ0) is 21.5. The molecule has 0 aliphatic rings. The van der Waals surface area contributed by atoms with Gasteiger partial charge < -0.3 is 4.74 Å². The Kier molecular flexibility index (Phi) is 4.32. The van der Waals surface area contributed by atoms with Crippen LogP contribution in [0.4, 0.5) is 0 Å². The molecule has 2 heterocycles. The van der Waals surface area contributed by atoms with Gasteiger partial charge in [-0.25, -0.2) is 0 Å². The lowest BCUT2D eigenvalue weighted by Crippen LogP contribution is -1.94. The Bertz CT molecular complexity index is 1540. The third-order valence-electron chi connectivity index (χ3n) is 6.07. The van der Waals surface area contributed by atoms with Crippen molar-refractivity contribution in [1.29, 1.82) is 0 Å². The third-order valence-corrected chi connectivity index (χ3v) is 6.07. The summed E-state index contributed by atoms with van der Waals surface area (Å²) in [5, 5.41) is 5.82. The van der Waals surface area contributed by atoms with Crippen LogP contribution in [0.2, 0.25) is 0 Å². The van der Waals surface area contributed by atoms with Crippen LogP contribution in [0.3, 0.4) is 0 Å². The Morgan fingerprint density at radius 2 is 1.19 bits per heavy atom. The maximum absolute atomic E-state index is 5.38. The van der Waals surface area contributed by atoms with Gasteiger partial charge in [-0.1, -0.05) is 66.7 Å². The Labute approximate surface area is 186 Å². The molecule has 6 aromatic rings. The van der Waals surface area contributed by atoms with Crippen LogP contribution < -0.4 is 4.74 Å².